The van der Waals surface area contributed by atoms with E-state index < -0.39 is 80.7 Å². The summed E-state index contributed by atoms with van der Waals surface area (Å²) < 4.78 is 129. The van der Waals surface area contributed by atoms with Crippen LogP contribution in [0.1, 0.15) is 84.2 Å². The topological polar surface area (TPSA) is 242 Å². The number of ether oxygens (including phenoxy) is 2. The third-order valence-electron chi connectivity index (χ3n) is 13.0. The van der Waals surface area contributed by atoms with E-state index in [0.29, 0.717) is 51.9 Å². The van der Waals surface area contributed by atoms with Gasteiger partial charge in [0.05, 0.1) is 21.8 Å². The predicted octanol–water partition coefficient (Wildman–Crippen LogP) is 5.85. The van der Waals surface area contributed by atoms with Crippen LogP contribution in [0.15, 0.2) is 34.1 Å². The van der Waals surface area contributed by atoms with Crippen molar-refractivity contribution in [2.24, 2.45) is 11.8 Å². The fourth-order valence-electron chi connectivity index (χ4n) is 9.92. The number of alkyl halides is 4. The fraction of sp³-hybridized carbons (Fsp3) is 0.524. The quantitative estimate of drug-likeness (QED) is 0.0806. The van der Waals surface area contributed by atoms with Crippen LogP contribution in [0.5, 0.6) is 11.5 Å². The number of benzene rings is 2. The van der Waals surface area contributed by atoms with Crippen LogP contribution in [0.2, 0.25) is 0 Å². The van der Waals surface area contributed by atoms with Gasteiger partial charge in [0.15, 0.2) is 23.1 Å². The molecule has 6 heterocycles. The monoisotopic (exact) mass is 1050 g/mol. The predicted molar refractivity (Wildman–Crippen MR) is 238 cm³/mol. The van der Waals surface area contributed by atoms with Gasteiger partial charge in [-0.3, -0.25) is 18.7 Å². The molecule has 4 aromatic rings. The number of aromatic carboxylic acids is 2. The molecule has 6 fully saturated rings. The highest BCUT2D eigenvalue weighted by molar-refractivity contribution is 8.93. The summed E-state index contributed by atoms with van der Waals surface area (Å²) in [6.07, 6.45) is 9.05. The highest BCUT2D eigenvalue weighted by Crippen LogP contribution is 2.47. The Kier molecular flexibility index (Phi) is 15.0. The van der Waals surface area contributed by atoms with Crippen molar-refractivity contribution in [1.29, 1.82) is 0 Å². The average Bonchev–Trinajstić information content (AvgIpc) is 4.18. The molecule has 0 unspecified atom stereocenters. The van der Waals surface area contributed by atoms with Crippen molar-refractivity contribution in [1.82, 2.24) is 19.8 Å². The fourth-order valence-corrected chi connectivity index (χ4v) is 9.92. The van der Waals surface area contributed by atoms with Gasteiger partial charge in [-0.2, -0.15) is 26.0 Å². The van der Waals surface area contributed by atoms with Gasteiger partial charge in [0.25, 0.3) is 0 Å². The second-order valence-electron chi connectivity index (χ2n) is 17.4. The van der Waals surface area contributed by atoms with E-state index in [1.807, 2.05) is 0 Å². The van der Waals surface area contributed by atoms with Crippen molar-refractivity contribution in [2.45, 2.75) is 88.8 Å². The van der Waals surface area contributed by atoms with Crippen molar-refractivity contribution in [3.05, 3.63) is 67.7 Å². The highest BCUT2D eigenvalue weighted by atomic mass is 79.9. The normalized spacial score (nSPS) is 22.2. The molecule has 6 N–H and O–H groups in total. The van der Waals surface area contributed by atoms with Gasteiger partial charge >= 0.3 is 35.6 Å². The third-order valence-corrected chi connectivity index (χ3v) is 13.0. The summed E-state index contributed by atoms with van der Waals surface area (Å²) in [4.78, 5) is 52.0. The number of carbonyl (C=O) groups is 2. The Hall–Kier alpha value is -5.15. The third kappa shape index (κ3) is 10.7. The molecule has 4 saturated heterocycles. The van der Waals surface area contributed by atoms with Crippen LogP contribution in [0.4, 0.5) is 37.7 Å². The first-order chi connectivity index (χ1) is 31.7. The summed E-state index contributed by atoms with van der Waals surface area (Å²) in [6.45, 7) is -2.89. The lowest BCUT2D eigenvalue weighted by atomic mass is 9.94. The summed E-state index contributed by atoms with van der Waals surface area (Å²) in [6, 6.07) is 1.88. The van der Waals surface area contributed by atoms with E-state index in [-0.39, 0.29) is 86.2 Å². The number of anilines is 2. The molecule has 2 aromatic carbocycles. The van der Waals surface area contributed by atoms with E-state index >= 15 is 8.78 Å². The van der Waals surface area contributed by atoms with E-state index in [0.717, 1.165) is 63.3 Å². The molecular weight excluding hydrogens is 1010 g/mol. The number of aromatic nitrogens is 2. The molecule has 68 heavy (non-hydrogen) atoms. The Morgan fingerprint density at radius 2 is 1.00 bits per heavy atom. The maximum absolute atomic E-state index is 15.3. The van der Waals surface area contributed by atoms with Crippen LogP contribution >= 0.6 is 17.0 Å². The van der Waals surface area contributed by atoms with E-state index in [1.165, 1.54) is 9.13 Å². The smallest absolute Gasteiger partial charge is 0.394 e. The van der Waals surface area contributed by atoms with E-state index in [4.69, 9.17) is 27.0 Å². The molecule has 18 nitrogen and oxygen atoms in total. The first-order valence-electron chi connectivity index (χ1n) is 21.6. The van der Waals surface area contributed by atoms with Gasteiger partial charge in [0.1, 0.15) is 22.5 Å². The number of nitrogens with zero attached hydrogens (tertiary/aromatic N) is 4. The summed E-state index contributed by atoms with van der Waals surface area (Å²) in [7, 11) is -4.67. The van der Waals surface area contributed by atoms with Crippen molar-refractivity contribution >= 4 is 72.5 Å². The Morgan fingerprint density at radius 1 is 0.647 bits per heavy atom. The zero-order valence-electron chi connectivity index (χ0n) is 35.8. The van der Waals surface area contributed by atoms with Crippen molar-refractivity contribution in [3.63, 3.8) is 0 Å². The minimum Gasteiger partial charge on any atom is -0.477 e. The molecule has 2 saturated carbocycles. The molecule has 2 aromatic heterocycles. The van der Waals surface area contributed by atoms with E-state index in [1.54, 1.807) is 9.80 Å². The maximum atomic E-state index is 15.3. The number of rotatable bonds is 10. The summed E-state index contributed by atoms with van der Waals surface area (Å²) in [5, 5.41) is 25.1. The number of fused-ring (bicyclic) bond motifs is 4. The van der Waals surface area contributed by atoms with E-state index in [9.17, 15) is 47.0 Å². The summed E-state index contributed by atoms with van der Waals surface area (Å²) in [5.41, 5.74) is -3.02. The number of carboxylic acid groups (broad SMARTS) is 2. The first-order valence-corrected chi connectivity index (χ1v) is 22.9. The molecule has 4 aliphatic heterocycles. The number of carboxylic acids is 2. The summed E-state index contributed by atoms with van der Waals surface area (Å²) in [5.74, 6) is -4.90. The number of hydrogen-bond acceptors (Lipinski definition) is 12. The highest BCUT2D eigenvalue weighted by Gasteiger charge is 2.41. The molecule has 6 aliphatic rings. The lowest BCUT2D eigenvalue weighted by molar-refractivity contribution is -0.0494. The second kappa shape index (κ2) is 20.1. The lowest BCUT2D eigenvalue weighted by Gasteiger charge is -2.25. The minimum absolute atomic E-state index is 0. The molecule has 0 amide bonds. The second-order valence-corrected chi connectivity index (χ2v) is 18.3. The van der Waals surface area contributed by atoms with E-state index in [2.05, 4.69) is 10.6 Å². The van der Waals surface area contributed by atoms with Crippen molar-refractivity contribution in [3.8, 4) is 11.5 Å². The van der Waals surface area contributed by atoms with Crippen LogP contribution in [0, 0.1) is 23.5 Å². The van der Waals surface area contributed by atoms with Crippen LogP contribution < -0.4 is 40.8 Å². The SMILES string of the molecule is Br.O=C(O)c1cn(C2CC2)c2c(OC(F)F)c(N3C[C@@H]4CCCN[C@@H]4C3)c(F)cc2c1=O.O=C(O)c1cn(C2CC2)c2c(OC(F)F)c(N3C[C@@H]4CCCN[C@@H]4C3)c(F)cc2c1=O.O=S(=O)(O)O. The van der Waals surface area contributed by atoms with Crippen LogP contribution in [0.25, 0.3) is 21.8 Å². The van der Waals surface area contributed by atoms with Gasteiger partial charge in [0, 0.05) is 62.7 Å². The molecule has 10 rings (SSSR count). The van der Waals surface area contributed by atoms with Crippen molar-refractivity contribution < 1.29 is 73.1 Å². The van der Waals surface area contributed by atoms with Crippen LogP contribution in [0.3, 0.4) is 0 Å². The zero-order valence-corrected chi connectivity index (χ0v) is 38.3. The zero-order chi connectivity index (χ0) is 48.2. The molecule has 0 radical (unpaired) electrons. The first kappa shape index (κ1) is 50.7. The van der Waals surface area contributed by atoms with Gasteiger partial charge < -0.3 is 49.3 Å². The summed E-state index contributed by atoms with van der Waals surface area (Å²) >= 11 is 0. The van der Waals surface area contributed by atoms with Gasteiger partial charge in [-0.05, 0) is 88.4 Å². The molecule has 0 bridgehead atoms. The molecular formula is C42H47BrF6N6O12S. The number of pyridine rings is 2. The van der Waals surface area contributed by atoms with Crippen LogP contribution in [-0.2, 0) is 10.4 Å². The van der Waals surface area contributed by atoms with Gasteiger partial charge in [-0.15, -0.1) is 17.0 Å². The number of piperidine rings is 2. The molecule has 2 aliphatic carbocycles. The van der Waals surface area contributed by atoms with Gasteiger partial charge in [-0.1, -0.05) is 0 Å². The van der Waals surface area contributed by atoms with Crippen molar-refractivity contribution in [2.75, 3.05) is 49.1 Å². The van der Waals surface area contributed by atoms with Gasteiger partial charge in [-0.25, -0.2) is 18.4 Å². The standard InChI is InChI=1S/2C21H22F3N3O4.BrH.H2O4S/c2*22-14-6-12-16(27(11-3-4-11)8-13(18(12)28)20(29)30)19(31-21(23)24)17(14)26-7-10-2-1-5-25-15(10)9-26;;1-5(2,3)4/h2*6,8,10-11,15,21,25H,1-5,7,9H2,(H,29,30);1H;(H2,1,2,3,4)/t2*10-,15+;;/m00../s1. The van der Waals surface area contributed by atoms with Crippen LogP contribution in [-0.4, -0.2) is 113 Å². The lowest BCUT2D eigenvalue weighted by Crippen LogP contribution is -2.40. The maximum Gasteiger partial charge on any atom is 0.394 e. The molecule has 372 valence electrons. The molecule has 26 heteroatoms. The number of nitrogens with one attached hydrogen (secondary N) is 2. The molecule has 4 atom stereocenters. The largest absolute Gasteiger partial charge is 0.477 e. The molecule has 0 spiro atoms. The Morgan fingerprint density at radius 3 is 1.29 bits per heavy atom. The Bertz CT molecular complexity index is 2640. The van der Waals surface area contributed by atoms with Gasteiger partial charge in [0.2, 0.25) is 10.9 Å². The Balaban J connectivity index is 0.000000181. The number of halogens is 7. The number of hydrogen-bond donors (Lipinski definition) is 6. The Labute approximate surface area is 393 Å². The average molecular weight is 1050 g/mol. The minimum atomic E-state index is -4.67.